The van der Waals surface area contributed by atoms with Gasteiger partial charge in [-0.15, -0.1) is 0 Å². The molecule has 0 saturated carbocycles. The Morgan fingerprint density at radius 3 is 1.83 bits per heavy atom. The Morgan fingerprint density at radius 1 is 0.833 bits per heavy atom. The fourth-order valence-electron chi connectivity index (χ4n) is 1.66. The van der Waals surface area contributed by atoms with E-state index in [1.807, 2.05) is 13.8 Å². The summed E-state index contributed by atoms with van der Waals surface area (Å²) in [5, 5.41) is 0. The highest BCUT2D eigenvalue weighted by Crippen LogP contribution is 2.60. The summed E-state index contributed by atoms with van der Waals surface area (Å²) in [5.74, 6) is 0.866. The second-order valence-corrected chi connectivity index (χ2v) is 8.43. The van der Waals surface area contributed by atoms with Crippen molar-refractivity contribution in [3.63, 3.8) is 0 Å². The van der Waals surface area contributed by atoms with Crippen LogP contribution in [0.5, 0.6) is 0 Å². The van der Waals surface area contributed by atoms with Crippen molar-refractivity contribution in [1.29, 1.82) is 0 Å². The standard InChI is InChI=1S/C13H29O3PS/c1-4-7-8-9-10-11-12-13-18-17(14,15-5-2)16-6-3/h4-13H2,1-3H3. The van der Waals surface area contributed by atoms with Crippen LogP contribution in [0, 0.1) is 0 Å². The maximum Gasteiger partial charge on any atom is 0.389 e. The molecule has 0 heterocycles. The first-order valence-corrected chi connectivity index (χ1v) is 10.4. The van der Waals surface area contributed by atoms with Crippen molar-refractivity contribution in [1.82, 2.24) is 0 Å². The second kappa shape index (κ2) is 12.5. The molecule has 0 bridgehead atoms. The van der Waals surface area contributed by atoms with E-state index < -0.39 is 6.80 Å². The molecule has 0 aromatic rings. The lowest BCUT2D eigenvalue weighted by Crippen LogP contribution is -1.93. The van der Waals surface area contributed by atoms with Crippen molar-refractivity contribution in [2.75, 3.05) is 19.0 Å². The Morgan fingerprint density at radius 2 is 1.33 bits per heavy atom. The van der Waals surface area contributed by atoms with Crippen LogP contribution in [0.3, 0.4) is 0 Å². The van der Waals surface area contributed by atoms with Gasteiger partial charge in [0.15, 0.2) is 0 Å². The molecule has 0 fully saturated rings. The average molecular weight is 296 g/mol. The van der Waals surface area contributed by atoms with Crippen LogP contribution in [0.15, 0.2) is 0 Å². The van der Waals surface area contributed by atoms with Gasteiger partial charge >= 0.3 is 6.80 Å². The van der Waals surface area contributed by atoms with E-state index in [1.165, 1.54) is 49.9 Å². The molecule has 0 unspecified atom stereocenters. The van der Waals surface area contributed by atoms with Gasteiger partial charge in [-0.2, -0.15) is 0 Å². The van der Waals surface area contributed by atoms with Crippen LogP contribution < -0.4 is 0 Å². The molecule has 0 saturated heterocycles. The molecule has 5 heteroatoms. The molecule has 0 N–H and O–H groups in total. The van der Waals surface area contributed by atoms with Gasteiger partial charge in [-0.3, -0.25) is 0 Å². The molecule has 110 valence electrons. The summed E-state index contributed by atoms with van der Waals surface area (Å²) in [4.78, 5) is 0. The molecular weight excluding hydrogens is 267 g/mol. The number of unbranched alkanes of at least 4 members (excludes halogenated alkanes) is 6. The first-order valence-electron chi connectivity index (χ1n) is 7.22. The number of rotatable bonds is 13. The highest BCUT2D eigenvalue weighted by atomic mass is 32.7. The van der Waals surface area contributed by atoms with Gasteiger partial charge < -0.3 is 9.05 Å². The van der Waals surface area contributed by atoms with Gasteiger partial charge in [0.2, 0.25) is 0 Å². The normalized spacial score (nSPS) is 11.9. The van der Waals surface area contributed by atoms with Crippen molar-refractivity contribution >= 4 is 18.2 Å². The quantitative estimate of drug-likeness (QED) is 0.325. The largest absolute Gasteiger partial charge is 0.389 e. The van der Waals surface area contributed by atoms with E-state index in [-0.39, 0.29) is 0 Å². The lowest BCUT2D eigenvalue weighted by molar-refractivity contribution is 0.237. The maximum atomic E-state index is 12.1. The Hall–Kier alpha value is 0.500. The molecule has 0 amide bonds. The molecule has 0 aromatic carbocycles. The highest BCUT2D eigenvalue weighted by molar-refractivity contribution is 8.55. The van der Waals surface area contributed by atoms with Crippen LogP contribution in [-0.4, -0.2) is 19.0 Å². The third-order valence-electron chi connectivity index (χ3n) is 2.57. The van der Waals surface area contributed by atoms with Crippen LogP contribution in [0.2, 0.25) is 0 Å². The predicted octanol–water partition coefficient (Wildman–Crippen LogP) is 5.65. The summed E-state index contributed by atoms with van der Waals surface area (Å²) < 4.78 is 22.6. The van der Waals surface area contributed by atoms with E-state index in [9.17, 15) is 4.57 Å². The molecular formula is C13H29O3PS. The monoisotopic (exact) mass is 296 g/mol. The smallest absolute Gasteiger partial charge is 0.301 e. The molecule has 0 atom stereocenters. The Kier molecular flexibility index (Phi) is 12.9. The minimum absolute atomic E-state index is 0.446. The third kappa shape index (κ3) is 10.4. The van der Waals surface area contributed by atoms with Crippen molar-refractivity contribution in [2.24, 2.45) is 0 Å². The first-order chi connectivity index (χ1) is 8.68. The zero-order valence-corrected chi connectivity index (χ0v) is 13.9. The fraction of sp³-hybridized carbons (Fsp3) is 1.00. The van der Waals surface area contributed by atoms with Gasteiger partial charge in [-0.25, -0.2) is 4.57 Å². The Bertz CT molecular complexity index is 214. The minimum atomic E-state index is -2.87. The van der Waals surface area contributed by atoms with Crippen molar-refractivity contribution < 1.29 is 13.6 Å². The van der Waals surface area contributed by atoms with E-state index in [1.54, 1.807) is 0 Å². The third-order valence-corrected chi connectivity index (χ3v) is 6.64. The van der Waals surface area contributed by atoms with Gasteiger partial charge in [-0.05, 0) is 31.7 Å². The van der Waals surface area contributed by atoms with E-state index in [0.29, 0.717) is 13.2 Å². The van der Waals surface area contributed by atoms with Gasteiger partial charge in [0.25, 0.3) is 0 Å². The van der Waals surface area contributed by atoms with Crippen LogP contribution >= 0.6 is 18.2 Å². The van der Waals surface area contributed by atoms with Crippen LogP contribution in [-0.2, 0) is 13.6 Å². The topological polar surface area (TPSA) is 35.5 Å². The number of hydrogen-bond acceptors (Lipinski definition) is 4. The van der Waals surface area contributed by atoms with Gasteiger partial charge in [0.05, 0.1) is 13.2 Å². The number of hydrogen-bond donors (Lipinski definition) is 0. The second-order valence-electron chi connectivity index (χ2n) is 4.24. The van der Waals surface area contributed by atoms with E-state index >= 15 is 0 Å². The Labute approximate surface area is 117 Å². The summed E-state index contributed by atoms with van der Waals surface area (Å²) in [6.45, 7) is 3.95. The molecule has 3 nitrogen and oxygen atoms in total. The molecule has 0 aliphatic rings. The predicted molar refractivity (Wildman–Crippen MR) is 81.3 cm³/mol. The zero-order chi connectivity index (χ0) is 13.7. The van der Waals surface area contributed by atoms with Crippen LogP contribution in [0.25, 0.3) is 0 Å². The molecule has 18 heavy (non-hydrogen) atoms. The van der Waals surface area contributed by atoms with E-state index in [4.69, 9.17) is 9.05 Å². The first kappa shape index (κ1) is 18.5. The average Bonchev–Trinajstić information content (AvgIpc) is 2.33. The summed E-state index contributed by atoms with van der Waals surface area (Å²) in [6, 6.07) is 0. The van der Waals surface area contributed by atoms with Gasteiger partial charge in [-0.1, -0.05) is 45.4 Å². The van der Waals surface area contributed by atoms with Crippen molar-refractivity contribution in [3.8, 4) is 0 Å². The van der Waals surface area contributed by atoms with E-state index in [0.717, 1.165) is 12.2 Å². The zero-order valence-electron chi connectivity index (χ0n) is 12.2. The fourth-order valence-corrected chi connectivity index (χ4v) is 5.21. The highest BCUT2D eigenvalue weighted by Gasteiger charge is 2.23. The molecule has 0 aliphatic heterocycles. The maximum absolute atomic E-state index is 12.1. The van der Waals surface area contributed by atoms with Gasteiger partial charge in [0.1, 0.15) is 0 Å². The minimum Gasteiger partial charge on any atom is -0.301 e. The Balaban J connectivity index is 3.52. The van der Waals surface area contributed by atoms with Crippen LogP contribution in [0.4, 0.5) is 0 Å². The molecule has 0 aromatic heterocycles. The SMILES string of the molecule is CCCCCCCCCSP(=O)(OCC)OCC. The summed E-state index contributed by atoms with van der Waals surface area (Å²) >= 11 is 1.35. The molecule has 0 radical (unpaired) electrons. The summed E-state index contributed by atoms with van der Waals surface area (Å²) in [7, 11) is 0. The summed E-state index contributed by atoms with van der Waals surface area (Å²) in [6.07, 6.45) is 8.91. The molecule has 0 aliphatic carbocycles. The molecule has 0 rings (SSSR count). The van der Waals surface area contributed by atoms with Crippen molar-refractivity contribution in [3.05, 3.63) is 0 Å². The van der Waals surface area contributed by atoms with Gasteiger partial charge in [0, 0.05) is 5.75 Å². The lowest BCUT2D eigenvalue weighted by Gasteiger charge is -2.15. The summed E-state index contributed by atoms with van der Waals surface area (Å²) in [5.41, 5.74) is 0. The van der Waals surface area contributed by atoms with Crippen molar-refractivity contribution in [2.45, 2.75) is 65.7 Å². The lowest BCUT2D eigenvalue weighted by atomic mass is 10.1. The van der Waals surface area contributed by atoms with Crippen LogP contribution in [0.1, 0.15) is 65.7 Å². The molecule has 0 spiro atoms. The van der Waals surface area contributed by atoms with E-state index in [2.05, 4.69) is 6.92 Å².